The Hall–Kier alpha value is 0.540. The van der Waals surface area contributed by atoms with Gasteiger partial charge < -0.3 is 12.4 Å². The van der Waals surface area contributed by atoms with E-state index in [0.717, 1.165) is 0 Å². The molecule has 0 aromatic carbocycles. The van der Waals surface area contributed by atoms with E-state index in [9.17, 15) is 0 Å². The Morgan fingerprint density at radius 3 is 1.17 bits per heavy atom. The van der Waals surface area contributed by atoms with Crippen LogP contribution in [0, 0.1) is 0 Å². The summed E-state index contributed by atoms with van der Waals surface area (Å²) in [5, 5.41) is 0. The van der Waals surface area contributed by atoms with E-state index in [1.54, 1.807) is 0 Å². The molecule has 0 fully saturated rings. The van der Waals surface area contributed by atoms with Gasteiger partial charge in [-0.25, -0.2) is 4.00 Å². The van der Waals surface area contributed by atoms with Crippen LogP contribution in [0.2, 0.25) is 0 Å². The van der Waals surface area contributed by atoms with Crippen LogP contribution in [0.4, 0.5) is 0 Å². The summed E-state index contributed by atoms with van der Waals surface area (Å²) in [6.45, 7) is 0. The lowest BCUT2D eigenvalue weighted by atomic mass is 11.0. The van der Waals surface area contributed by atoms with Crippen LogP contribution in [-0.2, 0) is 0 Å². The maximum absolute atomic E-state index is 5.47. The molecule has 3 heteroatoms. The molecule has 0 saturated heterocycles. The van der Waals surface area contributed by atoms with Gasteiger partial charge in [-0.05, 0) is 0 Å². The number of nitrogens with zero attached hydrogens (tertiary/aromatic N) is 1. The minimum Gasteiger partial charge on any atom is -1.00 e. The van der Waals surface area contributed by atoms with Gasteiger partial charge in [-0.3, -0.25) is 0 Å². The van der Waals surface area contributed by atoms with Crippen LogP contribution in [0.25, 0.3) is 0 Å². The zero-order chi connectivity index (χ0) is 4.50. The first-order chi connectivity index (χ1) is 2.00. The molecule has 0 aromatic heterocycles. The van der Waals surface area contributed by atoms with Crippen LogP contribution in [0.5, 0.6) is 0 Å². The molecule has 0 saturated carbocycles. The zero-order valence-corrected chi connectivity index (χ0v) is 5.72. The summed E-state index contributed by atoms with van der Waals surface area (Å²) in [6.07, 6.45) is 0. The Morgan fingerprint density at radius 2 is 1.17 bits per heavy atom. The molecule has 0 heterocycles. The van der Waals surface area contributed by atoms with E-state index < -0.39 is 0 Å². The van der Waals surface area contributed by atoms with Crippen molar-refractivity contribution >= 4 is 11.8 Å². The van der Waals surface area contributed by atoms with Crippen LogP contribution in [-0.4, -0.2) is 25.1 Å². The van der Waals surface area contributed by atoms with Crippen molar-refractivity contribution in [3.63, 3.8) is 0 Å². The molecule has 0 aliphatic carbocycles. The molecule has 0 unspecified atom stereocenters. The smallest absolute Gasteiger partial charge is 0.164 e. The van der Waals surface area contributed by atoms with Gasteiger partial charge in [0.05, 0.1) is 21.1 Å². The van der Waals surface area contributed by atoms with Crippen molar-refractivity contribution in [3.8, 4) is 0 Å². The van der Waals surface area contributed by atoms with Crippen molar-refractivity contribution in [2.45, 2.75) is 0 Å². The summed E-state index contributed by atoms with van der Waals surface area (Å²) in [4.78, 5) is 0. The van der Waals surface area contributed by atoms with Crippen LogP contribution in [0.3, 0.4) is 0 Å². The fourth-order valence-electron chi connectivity index (χ4n) is 0. The molecule has 0 aliphatic heterocycles. The third kappa shape index (κ3) is 195. The number of hydrogen-bond donors (Lipinski definition) is 0. The zero-order valence-electron chi connectivity index (χ0n) is 4.20. The van der Waals surface area contributed by atoms with Crippen LogP contribution >= 0.6 is 11.8 Å². The number of rotatable bonds is 0. The third-order valence-corrected chi connectivity index (χ3v) is 0. The predicted molar refractivity (Wildman–Crippen MR) is 23.9 cm³/mol. The van der Waals surface area contributed by atoms with Crippen LogP contribution < -0.4 is 12.4 Å². The monoisotopic (exact) mass is 129 g/mol. The molecule has 0 N–H and O–H groups in total. The van der Waals surface area contributed by atoms with E-state index in [1.165, 1.54) is 0 Å². The third-order valence-electron chi connectivity index (χ3n) is 0. The highest BCUT2D eigenvalue weighted by Gasteiger charge is 1.95. The number of halogens is 2. The highest BCUT2D eigenvalue weighted by molar-refractivity contribution is 6.06. The number of hydrogen-bond acceptors (Lipinski definition) is 0. The first kappa shape index (κ1) is 9.74. The fraction of sp³-hybridized carbons (Fsp3) is 1.00. The first-order valence-corrected chi connectivity index (χ1v) is 1.85. The fourth-order valence-corrected chi connectivity index (χ4v) is 0. The van der Waals surface area contributed by atoms with Crippen molar-refractivity contribution in [3.05, 3.63) is 0 Å². The molecule has 0 aromatic rings. The van der Waals surface area contributed by atoms with E-state index in [1.807, 2.05) is 21.1 Å². The Balaban J connectivity index is 0. The van der Waals surface area contributed by atoms with Crippen molar-refractivity contribution in [2.75, 3.05) is 21.1 Å². The Bertz CT molecular complexity index is 24.3. The largest absolute Gasteiger partial charge is 1.00 e. The second-order valence-corrected chi connectivity index (χ2v) is 2.86. The maximum atomic E-state index is 5.47. The molecule has 1 nitrogen and oxygen atoms in total. The molecular weight excluding hydrogens is 121 g/mol. The Labute approximate surface area is 50.0 Å². The lowest BCUT2D eigenvalue weighted by Gasteiger charge is -2.07. The molecule has 0 radical (unpaired) electrons. The second kappa shape index (κ2) is 2.67. The summed E-state index contributed by atoms with van der Waals surface area (Å²) >= 11 is 5.47. The Kier molecular flexibility index (Phi) is 4.33. The summed E-state index contributed by atoms with van der Waals surface area (Å²) in [5.74, 6) is 0. The lowest BCUT2D eigenvalue weighted by Crippen LogP contribution is -3.00. The van der Waals surface area contributed by atoms with Gasteiger partial charge in [-0.1, -0.05) is 0 Å². The van der Waals surface area contributed by atoms with Crippen molar-refractivity contribution < 1.29 is 16.4 Å². The van der Waals surface area contributed by atoms with Gasteiger partial charge in [0.25, 0.3) is 0 Å². The van der Waals surface area contributed by atoms with Gasteiger partial charge in [0.1, 0.15) is 0 Å². The molecule has 0 aliphatic rings. The first-order valence-electron chi connectivity index (χ1n) is 1.51. The van der Waals surface area contributed by atoms with E-state index in [0.29, 0.717) is 4.00 Å². The van der Waals surface area contributed by atoms with Crippen molar-refractivity contribution in [1.29, 1.82) is 0 Å². The Morgan fingerprint density at radius 1 is 1.17 bits per heavy atom. The molecular formula is C3H9Cl2N. The van der Waals surface area contributed by atoms with Crippen molar-refractivity contribution in [1.82, 2.24) is 0 Å². The summed E-state index contributed by atoms with van der Waals surface area (Å²) in [5.41, 5.74) is 0. The molecule has 0 rings (SSSR count). The highest BCUT2D eigenvalue weighted by Crippen LogP contribution is 1.91. The summed E-state index contributed by atoms with van der Waals surface area (Å²) < 4.78 is 0.472. The van der Waals surface area contributed by atoms with E-state index in [2.05, 4.69) is 0 Å². The molecule has 0 amide bonds. The van der Waals surface area contributed by atoms with Crippen LogP contribution in [0.1, 0.15) is 0 Å². The molecule has 0 spiro atoms. The maximum Gasteiger partial charge on any atom is 0.164 e. The lowest BCUT2D eigenvalue weighted by molar-refractivity contribution is -0.747. The molecule has 6 heavy (non-hydrogen) atoms. The standard InChI is InChI=1S/C3H9ClN.ClH/c1-5(2,3)4;/h1-3H3;1H/q+1;/p-1. The predicted octanol–water partition coefficient (Wildman–Crippen LogP) is -2.15. The van der Waals surface area contributed by atoms with Crippen LogP contribution in [0.15, 0.2) is 0 Å². The van der Waals surface area contributed by atoms with Gasteiger partial charge in [0, 0.05) is 0 Å². The molecule has 0 atom stereocenters. The second-order valence-electron chi connectivity index (χ2n) is 1.85. The van der Waals surface area contributed by atoms with Gasteiger partial charge in [0.15, 0.2) is 11.8 Å². The topological polar surface area (TPSA) is 0 Å². The summed E-state index contributed by atoms with van der Waals surface area (Å²) in [6, 6.07) is 0. The van der Waals surface area contributed by atoms with Crippen molar-refractivity contribution in [2.24, 2.45) is 0 Å². The summed E-state index contributed by atoms with van der Waals surface area (Å²) in [7, 11) is 5.67. The quantitative estimate of drug-likeness (QED) is 0.328. The van der Waals surface area contributed by atoms with Gasteiger partial charge >= 0.3 is 0 Å². The van der Waals surface area contributed by atoms with E-state index in [4.69, 9.17) is 11.8 Å². The average Bonchev–Trinajstić information content (AvgIpc) is 0.722. The van der Waals surface area contributed by atoms with E-state index >= 15 is 0 Å². The molecule has 0 bridgehead atoms. The minimum atomic E-state index is 0. The SMILES string of the molecule is C[N+](C)(C)Cl.[Cl-]. The average molecular weight is 130 g/mol. The number of quaternary nitrogens is 1. The van der Waals surface area contributed by atoms with Gasteiger partial charge in [-0.15, -0.1) is 0 Å². The van der Waals surface area contributed by atoms with Gasteiger partial charge in [-0.2, -0.15) is 0 Å². The molecule has 40 valence electrons. The van der Waals surface area contributed by atoms with E-state index in [-0.39, 0.29) is 12.4 Å². The minimum absolute atomic E-state index is 0. The normalized spacial score (nSPS) is 10.0. The highest BCUT2D eigenvalue weighted by atomic mass is 35.5. The van der Waals surface area contributed by atoms with Gasteiger partial charge in [0.2, 0.25) is 0 Å².